The van der Waals surface area contributed by atoms with E-state index in [9.17, 15) is 14.3 Å². The van der Waals surface area contributed by atoms with Crippen LogP contribution in [0.5, 0.6) is 0 Å². The fourth-order valence-corrected chi connectivity index (χ4v) is 3.57. The molecule has 0 unspecified atom stereocenters. The van der Waals surface area contributed by atoms with Crippen LogP contribution in [0.4, 0.5) is 4.39 Å². The number of hydrogen-bond donors (Lipinski definition) is 2. The van der Waals surface area contributed by atoms with Gasteiger partial charge in [0.25, 0.3) is 5.91 Å². The van der Waals surface area contributed by atoms with Crippen molar-refractivity contribution in [1.82, 2.24) is 5.32 Å². The Morgan fingerprint density at radius 1 is 1.29 bits per heavy atom. The van der Waals surface area contributed by atoms with E-state index >= 15 is 0 Å². The van der Waals surface area contributed by atoms with Crippen molar-refractivity contribution >= 4 is 5.91 Å². The van der Waals surface area contributed by atoms with E-state index in [1.807, 2.05) is 13.0 Å². The van der Waals surface area contributed by atoms with Crippen LogP contribution in [0.25, 0.3) is 0 Å². The molecular weight excluding hydrogens is 361 g/mol. The van der Waals surface area contributed by atoms with Crippen molar-refractivity contribution < 1.29 is 23.8 Å². The van der Waals surface area contributed by atoms with E-state index in [4.69, 9.17) is 9.47 Å². The van der Waals surface area contributed by atoms with E-state index in [1.54, 1.807) is 12.1 Å². The number of carbonyl (C=O) groups is 1. The third-order valence-corrected chi connectivity index (χ3v) is 5.00. The number of hydrogen-bond acceptors (Lipinski definition) is 4. The predicted molar refractivity (Wildman–Crippen MR) is 106 cm³/mol. The zero-order valence-electron chi connectivity index (χ0n) is 17.2. The van der Waals surface area contributed by atoms with Crippen LogP contribution in [-0.4, -0.2) is 30.5 Å². The third-order valence-electron chi connectivity index (χ3n) is 5.00. The quantitative estimate of drug-likeness (QED) is 0.706. The Morgan fingerprint density at radius 3 is 2.54 bits per heavy atom. The van der Waals surface area contributed by atoms with Crippen LogP contribution < -0.4 is 5.32 Å². The summed E-state index contributed by atoms with van der Waals surface area (Å²) in [7, 11) is 0. The van der Waals surface area contributed by atoms with Gasteiger partial charge in [0.05, 0.1) is 0 Å². The standard InChI is InChI=1S/C22H32FNO4/c1-5-27-21-17(7-6-12-25)18(22(2,3)4)13-19(28-21)20(26)24-14-15-8-10-16(23)11-9-15/h8-11,13,17-18,21,25H,5-7,12,14H2,1-4H3,(H,24,26)/t17-,18-,21+/m0/s1. The van der Waals surface area contributed by atoms with Gasteiger partial charge in [-0.25, -0.2) is 4.39 Å². The van der Waals surface area contributed by atoms with Crippen LogP contribution in [0.15, 0.2) is 36.1 Å². The first-order valence-corrected chi connectivity index (χ1v) is 9.89. The summed E-state index contributed by atoms with van der Waals surface area (Å²) >= 11 is 0. The molecule has 1 heterocycles. The average molecular weight is 393 g/mol. The summed E-state index contributed by atoms with van der Waals surface area (Å²) in [6.45, 7) is 9.15. The molecule has 0 bridgehead atoms. The van der Waals surface area contributed by atoms with Crippen molar-refractivity contribution in [3.63, 3.8) is 0 Å². The topological polar surface area (TPSA) is 67.8 Å². The van der Waals surface area contributed by atoms with Gasteiger partial charge in [-0.05, 0) is 54.9 Å². The van der Waals surface area contributed by atoms with E-state index in [2.05, 4.69) is 26.1 Å². The van der Waals surface area contributed by atoms with E-state index in [0.717, 1.165) is 12.0 Å². The van der Waals surface area contributed by atoms with Crippen LogP contribution in [0, 0.1) is 23.1 Å². The predicted octanol–water partition coefficient (Wildman–Crippen LogP) is 3.77. The number of allylic oxidation sites excluding steroid dienone is 1. The maximum atomic E-state index is 13.0. The van der Waals surface area contributed by atoms with Crippen LogP contribution in [0.2, 0.25) is 0 Å². The van der Waals surface area contributed by atoms with Gasteiger partial charge >= 0.3 is 0 Å². The van der Waals surface area contributed by atoms with Gasteiger partial charge in [-0.1, -0.05) is 32.9 Å². The molecular formula is C22H32FNO4. The molecule has 0 radical (unpaired) electrons. The molecule has 1 aromatic carbocycles. The summed E-state index contributed by atoms with van der Waals surface area (Å²) in [5.41, 5.74) is 0.711. The van der Waals surface area contributed by atoms with Crippen LogP contribution in [0.1, 0.15) is 46.1 Å². The summed E-state index contributed by atoms with van der Waals surface area (Å²) in [5, 5.41) is 12.1. The molecule has 0 spiro atoms. The second-order valence-corrected chi connectivity index (χ2v) is 8.20. The molecule has 1 aliphatic heterocycles. The molecule has 156 valence electrons. The Kier molecular flexibility index (Phi) is 8.01. The molecule has 28 heavy (non-hydrogen) atoms. The number of aliphatic hydroxyl groups is 1. The second-order valence-electron chi connectivity index (χ2n) is 8.20. The van der Waals surface area contributed by atoms with Crippen LogP contribution in [0.3, 0.4) is 0 Å². The van der Waals surface area contributed by atoms with E-state index < -0.39 is 6.29 Å². The minimum Gasteiger partial charge on any atom is -0.459 e. The molecule has 0 saturated heterocycles. The zero-order chi connectivity index (χ0) is 20.7. The van der Waals surface area contributed by atoms with Crippen molar-refractivity contribution in [3.8, 4) is 0 Å². The molecule has 0 aliphatic carbocycles. The lowest BCUT2D eigenvalue weighted by atomic mass is 9.70. The Morgan fingerprint density at radius 2 is 1.96 bits per heavy atom. The molecule has 1 aromatic rings. The molecule has 2 N–H and O–H groups in total. The highest BCUT2D eigenvalue weighted by Crippen LogP contribution is 2.42. The molecule has 1 amide bonds. The number of halogens is 1. The summed E-state index contributed by atoms with van der Waals surface area (Å²) in [4.78, 5) is 12.7. The van der Waals surface area contributed by atoms with Gasteiger partial charge < -0.3 is 19.9 Å². The lowest BCUT2D eigenvalue weighted by Crippen LogP contribution is -2.43. The molecule has 0 aromatic heterocycles. The lowest BCUT2D eigenvalue weighted by Gasteiger charge is -2.42. The molecule has 6 heteroatoms. The Hall–Kier alpha value is -1.92. The highest BCUT2D eigenvalue weighted by molar-refractivity contribution is 5.91. The highest BCUT2D eigenvalue weighted by atomic mass is 19.1. The van der Waals surface area contributed by atoms with Gasteiger partial charge in [0, 0.05) is 25.7 Å². The van der Waals surface area contributed by atoms with E-state index in [0.29, 0.717) is 13.0 Å². The van der Waals surface area contributed by atoms with Gasteiger partial charge in [0.1, 0.15) is 5.82 Å². The largest absolute Gasteiger partial charge is 0.459 e. The normalized spacial score (nSPS) is 22.4. The number of aliphatic hydroxyl groups excluding tert-OH is 1. The Labute approximate surface area is 166 Å². The number of nitrogens with one attached hydrogen (secondary N) is 1. The summed E-state index contributed by atoms with van der Waals surface area (Å²) in [5.74, 6) is -0.254. The smallest absolute Gasteiger partial charge is 0.286 e. The molecule has 5 nitrogen and oxygen atoms in total. The lowest BCUT2D eigenvalue weighted by molar-refractivity contribution is -0.179. The van der Waals surface area contributed by atoms with Crippen molar-refractivity contribution in [2.45, 2.75) is 53.4 Å². The molecule has 0 saturated carbocycles. The van der Waals surface area contributed by atoms with Crippen LogP contribution in [-0.2, 0) is 20.8 Å². The maximum Gasteiger partial charge on any atom is 0.286 e. The maximum absolute atomic E-state index is 13.0. The first-order valence-electron chi connectivity index (χ1n) is 9.89. The van der Waals surface area contributed by atoms with Gasteiger partial charge in [-0.2, -0.15) is 0 Å². The van der Waals surface area contributed by atoms with Crippen LogP contribution >= 0.6 is 0 Å². The van der Waals surface area contributed by atoms with Gasteiger partial charge in [0.15, 0.2) is 5.76 Å². The second kappa shape index (κ2) is 10.0. The molecule has 0 fully saturated rings. The number of carbonyl (C=O) groups excluding carboxylic acids is 1. The van der Waals surface area contributed by atoms with Gasteiger partial charge in [-0.3, -0.25) is 4.79 Å². The number of amides is 1. The molecule has 1 aliphatic rings. The minimum atomic E-state index is -0.530. The first-order chi connectivity index (χ1) is 13.3. The monoisotopic (exact) mass is 393 g/mol. The summed E-state index contributed by atoms with van der Waals surface area (Å²) < 4.78 is 24.8. The first kappa shape index (κ1) is 22.4. The summed E-state index contributed by atoms with van der Waals surface area (Å²) in [6, 6.07) is 6.00. The minimum absolute atomic E-state index is 0.0562. The highest BCUT2D eigenvalue weighted by Gasteiger charge is 2.42. The van der Waals surface area contributed by atoms with Crippen molar-refractivity contribution in [2.24, 2.45) is 17.3 Å². The Bertz CT molecular complexity index is 666. The van der Waals surface area contributed by atoms with Gasteiger partial charge in [-0.15, -0.1) is 0 Å². The third kappa shape index (κ3) is 6.04. The summed E-state index contributed by atoms with van der Waals surface area (Å²) in [6.07, 6.45) is 2.77. The van der Waals surface area contributed by atoms with E-state index in [-0.39, 0.29) is 47.9 Å². The molecule has 2 rings (SSSR count). The van der Waals surface area contributed by atoms with Gasteiger partial charge in [0.2, 0.25) is 6.29 Å². The average Bonchev–Trinajstić information content (AvgIpc) is 2.65. The zero-order valence-corrected chi connectivity index (χ0v) is 17.2. The Balaban J connectivity index is 2.17. The van der Waals surface area contributed by atoms with E-state index in [1.165, 1.54) is 12.1 Å². The fraction of sp³-hybridized carbons (Fsp3) is 0.591. The van der Waals surface area contributed by atoms with Crippen molar-refractivity contribution in [2.75, 3.05) is 13.2 Å². The molecule has 3 atom stereocenters. The SMILES string of the molecule is CCO[C@@H]1OC(C(=O)NCc2ccc(F)cc2)=C[C@H](C(C)(C)C)[C@@H]1CCCO. The number of benzene rings is 1. The number of rotatable bonds is 8. The van der Waals surface area contributed by atoms with Crippen molar-refractivity contribution in [1.29, 1.82) is 0 Å². The fourth-order valence-electron chi connectivity index (χ4n) is 3.57. The van der Waals surface area contributed by atoms with Crippen molar-refractivity contribution in [3.05, 3.63) is 47.5 Å². The number of ether oxygens (including phenoxy) is 2.